The Morgan fingerprint density at radius 1 is 1.17 bits per heavy atom. The van der Waals surface area contributed by atoms with Gasteiger partial charge in [0.2, 0.25) is 0 Å². The summed E-state index contributed by atoms with van der Waals surface area (Å²) < 4.78 is 11.1. The van der Waals surface area contributed by atoms with Gasteiger partial charge in [-0.25, -0.2) is 0 Å². The second kappa shape index (κ2) is 11.7. The Kier molecular flexibility index (Phi) is 10.3. The third kappa shape index (κ3) is 8.56. The van der Waals surface area contributed by atoms with Crippen LogP contribution in [0.5, 0.6) is 11.5 Å². The lowest BCUT2D eigenvalue weighted by molar-refractivity contribution is 0.159. The lowest BCUT2D eigenvalue weighted by Crippen LogP contribution is -2.00. The predicted molar refractivity (Wildman–Crippen MR) is 96.6 cm³/mol. The molecule has 0 unspecified atom stereocenters. The van der Waals surface area contributed by atoms with E-state index >= 15 is 0 Å². The number of nitrogens with zero attached hydrogens (tertiary/aromatic N) is 1. The smallest absolute Gasteiger partial charge is 0.156 e. The minimum Gasteiger partial charge on any atom is -0.490 e. The van der Waals surface area contributed by atoms with Crippen molar-refractivity contribution in [1.29, 1.82) is 0 Å². The molecule has 0 amide bonds. The molecule has 0 N–H and O–H groups in total. The molecule has 1 rings (SSSR count). The van der Waals surface area contributed by atoms with Crippen LogP contribution in [0, 0.1) is 0 Å². The predicted octanol–water partition coefficient (Wildman–Crippen LogP) is 5.87. The van der Waals surface area contributed by atoms with Gasteiger partial charge in [0.25, 0.3) is 0 Å². The van der Waals surface area contributed by atoms with E-state index in [9.17, 15) is 0 Å². The Morgan fingerprint density at radius 2 is 1.87 bits per heavy atom. The number of ether oxygens (including phenoxy) is 2. The number of rotatable bonds is 10. The number of benzene rings is 1. The van der Waals surface area contributed by atoms with E-state index in [1.165, 1.54) is 6.08 Å². The molecule has 4 nitrogen and oxygen atoms in total. The Balaban J connectivity index is 2.48. The fraction of sp³-hybridized carbons (Fsp3) is 0.400. The Hall–Kier alpha value is -0.810. The highest BCUT2D eigenvalue weighted by Gasteiger charge is 2.10. The van der Waals surface area contributed by atoms with Crippen LogP contribution in [0.1, 0.15) is 19.8 Å². The molecule has 0 aromatic heterocycles. The second-order valence-corrected chi connectivity index (χ2v) is 6.04. The third-order valence-electron chi connectivity index (χ3n) is 2.46. The van der Waals surface area contributed by atoms with Crippen LogP contribution in [0.25, 0.3) is 0 Å². The van der Waals surface area contributed by atoms with Crippen LogP contribution in [0.15, 0.2) is 27.9 Å². The van der Waals surface area contributed by atoms with Gasteiger partial charge >= 0.3 is 0 Å². The van der Waals surface area contributed by atoms with Crippen molar-refractivity contribution in [2.75, 3.05) is 19.8 Å². The van der Waals surface area contributed by atoms with Crippen molar-refractivity contribution in [3.05, 3.63) is 32.7 Å². The summed E-state index contributed by atoms with van der Waals surface area (Å²) >= 11 is 23.3. The van der Waals surface area contributed by atoms with E-state index in [0.717, 1.165) is 12.8 Å². The monoisotopic (exact) mass is 399 g/mol. The highest BCUT2D eigenvalue weighted by molar-refractivity contribution is 6.55. The van der Waals surface area contributed by atoms with Crippen LogP contribution in [-0.4, -0.2) is 26.0 Å². The largest absolute Gasteiger partial charge is 0.490 e. The van der Waals surface area contributed by atoms with Crippen LogP contribution < -0.4 is 9.47 Å². The van der Waals surface area contributed by atoms with E-state index in [-0.39, 0.29) is 11.1 Å². The molecule has 0 aliphatic rings. The summed E-state index contributed by atoms with van der Waals surface area (Å²) in [7, 11) is 0. The van der Waals surface area contributed by atoms with E-state index in [1.54, 1.807) is 18.3 Å². The first-order chi connectivity index (χ1) is 11.0. The topological polar surface area (TPSA) is 40.0 Å². The molecule has 0 saturated carbocycles. The fourth-order valence-electron chi connectivity index (χ4n) is 1.49. The molecular weight excluding hydrogens is 384 g/mol. The summed E-state index contributed by atoms with van der Waals surface area (Å²) in [5.74, 6) is 0.926. The van der Waals surface area contributed by atoms with E-state index in [1.807, 2.05) is 6.92 Å². The number of unbranched alkanes of at least 4 members (excludes halogenated alkanes) is 1. The zero-order valence-corrected chi connectivity index (χ0v) is 15.6. The molecule has 23 heavy (non-hydrogen) atoms. The molecule has 0 radical (unpaired) electrons. The summed E-state index contributed by atoms with van der Waals surface area (Å²) in [6.45, 7) is 3.11. The summed E-state index contributed by atoms with van der Waals surface area (Å²) in [5, 5.41) is 4.49. The van der Waals surface area contributed by atoms with Crippen LogP contribution >= 0.6 is 46.4 Å². The highest BCUT2D eigenvalue weighted by Crippen LogP contribution is 2.37. The highest BCUT2D eigenvalue weighted by atomic mass is 35.5. The van der Waals surface area contributed by atoms with Crippen molar-refractivity contribution in [3.63, 3.8) is 0 Å². The molecule has 1 aromatic carbocycles. The van der Waals surface area contributed by atoms with E-state index in [0.29, 0.717) is 34.8 Å². The van der Waals surface area contributed by atoms with Gasteiger partial charge in [0.05, 0.1) is 16.7 Å². The Bertz CT molecular complexity index is 523. The van der Waals surface area contributed by atoms with Crippen molar-refractivity contribution in [1.82, 2.24) is 0 Å². The molecule has 0 atom stereocenters. The van der Waals surface area contributed by atoms with Crippen LogP contribution in [0.3, 0.4) is 0 Å². The van der Waals surface area contributed by atoms with Crippen LogP contribution in [-0.2, 0) is 4.84 Å². The molecule has 128 valence electrons. The summed E-state index contributed by atoms with van der Waals surface area (Å²) in [6, 6.07) is 3.24. The summed E-state index contributed by atoms with van der Waals surface area (Å²) in [5.41, 5.74) is 0. The number of hydrogen-bond donors (Lipinski definition) is 0. The SMILES string of the molecule is CCON=CCCCOc1c(Cl)cc(OCC=C(Cl)Cl)cc1Cl. The zero-order chi connectivity index (χ0) is 17.1. The molecule has 0 bridgehead atoms. The average molecular weight is 401 g/mol. The molecule has 0 heterocycles. The van der Waals surface area contributed by atoms with Gasteiger partial charge in [-0.3, -0.25) is 0 Å². The fourth-order valence-corrected chi connectivity index (χ4v) is 2.19. The van der Waals surface area contributed by atoms with Gasteiger partial charge in [0, 0.05) is 18.3 Å². The van der Waals surface area contributed by atoms with Gasteiger partial charge in [-0.2, -0.15) is 0 Å². The Morgan fingerprint density at radius 3 is 2.48 bits per heavy atom. The van der Waals surface area contributed by atoms with Crippen molar-refractivity contribution in [3.8, 4) is 11.5 Å². The lowest BCUT2D eigenvalue weighted by atomic mass is 10.3. The maximum absolute atomic E-state index is 6.15. The molecule has 0 spiro atoms. The molecular formula is C15H17Cl4NO3. The first-order valence-corrected chi connectivity index (χ1v) is 8.45. The maximum Gasteiger partial charge on any atom is 0.156 e. The lowest BCUT2D eigenvalue weighted by Gasteiger charge is -2.11. The number of halogens is 4. The van der Waals surface area contributed by atoms with E-state index < -0.39 is 0 Å². The molecule has 0 saturated heterocycles. The van der Waals surface area contributed by atoms with Crippen molar-refractivity contribution in [2.24, 2.45) is 5.16 Å². The zero-order valence-electron chi connectivity index (χ0n) is 12.5. The van der Waals surface area contributed by atoms with Crippen LogP contribution in [0.2, 0.25) is 10.0 Å². The molecule has 0 fully saturated rings. The van der Waals surface area contributed by atoms with Gasteiger partial charge in [0.1, 0.15) is 23.5 Å². The molecule has 1 aromatic rings. The summed E-state index contributed by atoms with van der Waals surface area (Å²) in [4.78, 5) is 4.85. The third-order valence-corrected chi connectivity index (χ3v) is 3.33. The van der Waals surface area contributed by atoms with Gasteiger partial charge in [-0.05, 0) is 25.8 Å². The quantitative estimate of drug-likeness (QED) is 0.280. The minimum atomic E-state index is 0.134. The van der Waals surface area contributed by atoms with Gasteiger partial charge in [0.15, 0.2) is 5.75 Å². The number of hydrogen-bond acceptors (Lipinski definition) is 4. The summed E-state index contributed by atoms with van der Waals surface area (Å²) in [6.07, 6.45) is 4.71. The van der Waals surface area contributed by atoms with Crippen molar-refractivity contribution >= 4 is 52.6 Å². The van der Waals surface area contributed by atoms with Gasteiger partial charge in [-0.15, -0.1) is 0 Å². The van der Waals surface area contributed by atoms with Gasteiger partial charge in [-0.1, -0.05) is 51.6 Å². The normalized spacial score (nSPS) is 10.7. The molecule has 8 heteroatoms. The van der Waals surface area contributed by atoms with Crippen molar-refractivity contribution in [2.45, 2.75) is 19.8 Å². The Labute approximate surface area is 155 Å². The second-order valence-electron chi connectivity index (χ2n) is 4.22. The van der Waals surface area contributed by atoms with E-state index in [2.05, 4.69) is 5.16 Å². The molecule has 0 aliphatic carbocycles. The van der Waals surface area contributed by atoms with Crippen molar-refractivity contribution < 1.29 is 14.3 Å². The molecule has 0 aliphatic heterocycles. The van der Waals surface area contributed by atoms with Gasteiger partial charge < -0.3 is 14.3 Å². The average Bonchev–Trinajstić information content (AvgIpc) is 2.48. The first kappa shape index (κ1) is 20.2. The first-order valence-electron chi connectivity index (χ1n) is 6.94. The number of oxime groups is 1. The van der Waals surface area contributed by atoms with Crippen LogP contribution in [0.4, 0.5) is 0 Å². The van der Waals surface area contributed by atoms with E-state index in [4.69, 9.17) is 60.7 Å². The standard InChI is InChI=1S/C15H17Cl4NO3/c1-2-23-20-6-3-4-7-22-15-12(16)9-11(10-13(15)17)21-8-5-14(18)19/h5-6,9-10H,2-4,7-8H2,1H3. The maximum atomic E-state index is 6.15. The minimum absolute atomic E-state index is 0.134.